The van der Waals surface area contributed by atoms with Crippen molar-refractivity contribution in [2.75, 3.05) is 0 Å². The van der Waals surface area contributed by atoms with Crippen LogP contribution >= 0.6 is 11.8 Å². The summed E-state index contributed by atoms with van der Waals surface area (Å²) in [6.45, 7) is 5.92. The number of alkyl halides is 1. The predicted molar refractivity (Wildman–Crippen MR) is 68.5 cm³/mol. The highest BCUT2D eigenvalue weighted by Crippen LogP contribution is 2.33. The summed E-state index contributed by atoms with van der Waals surface area (Å²) in [7, 11) is 0. The molecule has 1 aromatic rings. The van der Waals surface area contributed by atoms with Crippen molar-refractivity contribution in [1.29, 1.82) is 0 Å². The van der Waals surface area contributed by atoms with Gasteiger partial charge in [0, 0.05) is 4.90 Å². The van der Waals surface area contributed by atoms with Crippen LogP contribution < -0.4 is 0 Å². The van der Waals surface area contributed by atoms with Gasteiger partial charge < -0.3 is 5.11 Å². The van der Waals surface area contributed by atoms with Crippen molar-refractivity contribution >= 4 is 22.8 Å². The van der Waals surface area contributed by atoms with Crippen molar-refractivity contribution in [3.63, 3.8) is 0 Å². The molecule has 1 rings (SSSR count). The Bertz CT molecular complexity index is 466. The summed E-state index contributed by atoms with van der Waals surface area (Å²) >= 11 is 0.639. The molecule has 1 atom stereocenters. The van der Waals surface area contributed by atoms with Gasteiger partial charge in [0.15, 0.2) is 0 Å². The Hall–Kier alpha value is -1.36. The number of carbonyl (C=O) groups is 2. The molecule has 0 radical (unpaired) electrons. The largest absolute Gasteiger partial charge is 0.479 e. The summed E-state index contributed by atoms with van der Waals surface area (Å²) in [6.07, 6.45) is -2.48. The van der Waals surface area contributed by atoms with Crippen LogP contribution in [0.4, 0.5) is 4.39 Å². The molecule has 0 spiro atoms. The number of hydrogen-bond acceptors (Lipinski definition) is 3. The van der Waals surface area contributed by atoms with Crippen molar-refractivity contribution < 1.29 is 19.1 Å². The molecule has 5 heteroatoms. The van der Waals surface area contributed by atoms with Gasteiger partial charge in [0.1, 0.15) is 0 Å². The van der Waals surface area contributed by atoms with Gasteiger partial charge in [0.2, 0.25) is 5.12 Å². The number of halogens is 1. The third-order valence-electron chi connectivity index (χ3n) is 2.33. The average molecular weight is 270 g/mol. The fraction of sp³-hybridized carbons (Fsp3) is 0.385. The van der Waals surface area contributed by atoms with Crippen molar-refractivity contribution in [3.05, 3.63) is 29.8 Å². The molecule has 1 N–H and O–H groups in total. The second-order valence-corrected chi connectivity index (χ2v) is 5.91. The fourth-order valence-electron chi connectivity index (χ4n) is 1.44. The Kier molecular flexibility index (Phi) is 4.51. The van der Waals surface area contributed by atoms with Crippen LogP contribution in [-0.4, -0.2) is 22.4 Å². The molecule has 0 saturated heterocycles. The summed E-state index contributed by atoms with van der Waals surface area (Å²) < 4.78 is 13.1. The highest BCUT2D eigenvalue weighted by Gasteiger charge is 2.28. The molecule has 18 heavy (non-hydrogen) atoms. The third-order valence-corrected chi connectivity index (χ3v) is 3.31. The Labute approximate surface area is 109 Å². The molecule has 1 unspecified atom stereocenters. The normalized spacial score (nSPS) is 13.1. The summed E-state index contributed by atoms with van der Waals surface area (Å²) in [6, 6.07) is 7.11. The first-order chi connectivity index (χ1) is 8.23. The maximum atomic E-state index is 13.1. The van der Waals surface area contributed by atoms with Crippen LogP contribution in [0.2, 0.25) is 0 Å². The van der Waals surface area contributed by atoms with E-state index >= 15 is 0 Å². The predicted octanol–water partition coefficient (Wildman–Crippen LogP) is 3.03. The van der Waals surface area contributed by atoms with Gasteiger partial charge in [-0.15, -0.1) is 0 Å². The Morgan fingerprint density at radius 2 is 1.83 bits per heavy atom. The number of carbonyl (C=O) groups excluding carboxylic acids is 1. The Morgan fingerprint density at radius 1 is 1.28 bits per heavy atom. The molecular weight excluding hydrogens is 255 g/mol. The first-order valence-electron chi connectivity index (χ1n) is 5.41. The lowest BCUT2D eigenvalue weighted by atomic mass is 9.87. The average Bonchev–Trinajstić information content (AvgIpc) is 2.27. The van der Waals surface area contributed by atoms with Crippen molar-refractivity contribution in [3.8, 4) is 0 Å². The third kappa shape index (κ3) is 3.57. The molecule has 98 valence electrons. The molecular formula is C13H15FO3S. The van der Waals surface area contributed by atoms with Crippen LogP contribution in [0.15, 0.2) is 29.2 Å². The maximum absolute atomic E-state index is 13.1. The lowest BCUT2D eigenvalue weighted by Crippen LogP contribution is -2.23. The summed E-state index contributed by atoms with van der Waals surface area (Å²) in [5.41, 5.74) is 0.694. The van der Waals surface area contributed by atoms with E-state index in [0.717, 1.165) is 5.56 Å². The molecule has 0 heterocycles. The number of carboxylic acids is 1. The number of carboxylic acid groups (broad SMARTS) is 1. The zero-order chi connectivity index (χ0) is 13.9. The van der Waals surface area contributed by atoms with E-state index < -0.39 is 17.3 Å². The van der Waals surface area contributed by atoms with E-state index in [1.807, 2.05) is 32.9 Å². The van der Waals surface area contributed by atoms with E-state index in [-0.39, 0.29) is 5.41 Å². The second-order valence-electron chi connectivity index (χ2n) is 4.87. The molecule has 0 amide bonds. The van der Waals surface area contributed by atoms with Gasteiger partial charge >= 0.3 is 5.97 Å². The molecule has 1 aromatic carbocycles. The van der Waals surface area contributed by atoms with Crippen LogP contribution in [0.25, 0.3) is 0 Å². The first-order valence-corrected chi connectivity index (χ1v) is 6.23. The van der Waals surface area contributed by atoms with Crippen molar-refractivity contribution in [1.82, 2.24) is 0 Å². The smallest absolute Gasteiger partial charge is 0.347 e. The Balaban J connectivity index is 2.99. The van der Waals surface area contributed by atoms with Gasteiger partial charge in [0.25, 0.3) is 6.17 Å². The quantitative estimate of drug-likeness (QED) is 0.677. The molecule has 0 fully saturated rings. The first kappa shape index (κ1) is 14.7. The van der Waals surface area contributed by atoms with Gasteiger partial charge in [-0.2, -0.15) is 0 Å². The molecule has 0 saturated carbocycles. The SMILES string of the molecule is CC(C)(C)c1ccccc1SC(=O)C(F)C(=O)O. The van der Waals surface area contributed by atoms with Gasteiger partial charge in [-0.1, -0.05) is 39.0 Å². The topological polar surface area (TPSA) is 54.4 Å². The van der Waals surface area contributed by atoms with Gasteiger partial charge in [-0.05, 0) is 28.8 Å². The van der Waals surface area contributed by atoms with Crippen molar-refractivity contribution in [2.45, 2.75) is 37.3 Å². The second kappa shape index (κ2) is 5.52. The number of aliphatic carboxylic acids is 1. The highest BCUT2D eigenvalue weighted by atomic mass is 32.2. The van der Waals surface area contributed by atoms with Crippen LogP contribution in [0.1, 0.15) is 26.3 Å². The minimum Gasteiger partial charge on any atom is -0.479 e. The zero-order valence-corrected chi connectivity index (χ0v) is 11.3. The molecule has 0 bridgehead atoms. The van der Waals surface area contributed by atoms with Crippen LogP contribution in [0.3, 0.4) is 0 Å². The summed E-state index contributed by atoms with van der Waals surface area (Å²) in [4.78, 5) is 22.4. The minimum atomic E-state index is -2.48. The number of benzene rings is 1. The fourth-order valence-corrected chi connectivity index (χ4v) is 2.49. The van der Waals surface area contributed by atoms with E-state index in [9.17, 15) is 14.0 Å². The van der Waals surface area contributed by atoms with Crippen LogP contribution in [0, 0.1) is 0 Å². The molecule has 3 nitrogen and oxygen atoms in total. The van der Waals surface area contributed by atoms with Crippen LogP contribution in [0.5, 0.6) is 0 Å². The highest BCUT2D eigenvalue weighted by molar-refractivity contribution is 8.13. The van der Waals surface area contributed by atoms with Crippen LogP contribution in [-0.2, 0) is 15.0 Å². The van der Waals surface area contributed by atoms with E-state index in [1.165, 1.54) is 0 Å². The van der Waals surface area contributed by atoms with E-state index in [2.05, 4.69) is 0 Å². The standard InChI is InChI=1S/C13H15FO3S/c1-13(2,3)8-6-4-5-7-9(8)18-12(17)10(14)11(15)16/h4-7,10H,1-3H3,(H,15,16). The molecule has 0 aliphatic carbocycles. The van der Waals surface area contributed by atoms with E-state index in [0.29, 0.717) is 16.7 Å². The van der Waals surface area contributed by atoms with Gasteiger partial charge in [-0.3, -0.25) is 4.79 Å². The van der Waals surface area contributed by atoms with E-state index in [4.69, 9.17) is 5.11 Å². The number of rotatable bonds is 3. The lowest BCUT2D eigenvalue weighted by Gasteiger charge is -2.22. The zero-order valence-electron chi connectivity index (χ0n) is 10.4. The number of hydrogen-bond donors (Lipinski definition) is 1. The Morgan fingerprint density at radius 3 is 2.33 bits per heavy atom. The molecule has 0 aliphatic heterocycles. The summed E-state index contributed by atoms with van der Waals surface area (Å²) in [5.74, 6) is -1.75. The minimum absolute atomic E-state index is 0.196. The van der Waals surface area contributed by atoms with Gasteiger partial charge in [0.05, 0.1) is 0 Å². The number of thioether (sulfide) groups is 1. The van der Waals surface area contributed by atoms with Crippen molar-refractivity contribution in [2.24, 2.45) is 0 Å². The summed E-state index contributed by atoms with van der Waals surface area (Å²) in [5, 5.41) is 7.45. The molecule has 0 aromatic heterocycles. The van der Waals surface area contributed by atoms with E-state index in [1.54, 1.807) is 12.1 Å². The van der Waals surface area contributed by atoms with Gasteiger partial charge in [-0.25, -0.2) is 9.18 Å². The molecule has 0 aliphatic rings. The lowest BCUT2D eigenvalue weighted by molar-refractivity contribution is -0.145. The monoisotopic (exact) mass is 270 g/mol. The maximum Gasteiger partial charge on any atom is 0.347 e.